The molecule has 0 aromatic heterocycles. The maximum atomic E-state index is 9.38. The van der Waals surface area contributed by atoms with E-state index in [1.54, 1.807) is 6.07 Å². The molecule has 4 N–H and O–H groups in total. The first kappa shape index (κ1) is 10.0. The van der Waals surface area contributed by atoms with Gasteiger partial charge in [-0.2, -0.15) is 0 Å². The summed E-state index contributed by atoms with van der Waals surface area (Å²) in [5.41, 5.74) is 7.36. The van der Waals surface area contributed by atoms with Crippen molar-refractivity contribution in [3.05, 3.63) is 29.3 Å². The van der Waals surface area contributed by atoms with Gasteiger partial charge in [0.15, 0.2) is 0 Å². The minimum absolute atomic E-state index is 0.0331. The van der Waals surface area contributed by atoms with Crippen molar-refractivity contribution in [2.45, 2.75) is 19.4 Å². The molecule has 0 saturated carbocycles. The molecule has 1 unspecified atom stereocenters. The van der Waals surface area contributed by atoms with Crippen molar-refractivity contribution in [3.63, 3.8) is 0 Å². The Morgan fingerprint density at radius 1 is 1.46 bits per heavy atom. The Morgan fingerprint density at radius 2 is 2.15 bits per heavy atom. The Bertz CT molecular complexity index is 286. The van der Waals surface area contributed by atoms with Crippen LogP contribution in [0.15, 0.2) is 18.2 Å². The van der Waals surface area contributed by atoms with Gasteiger partial charge < -0.3 is 15.9 Å². The molecule has 1 aromatic carbocycles. The standard InChI is InChI=1S/C10H15NO2/c1-7-2-3-8(5-10(7)13)4-9(11)6-12/h2-3,5,9,12-13H,4,6,11H2,1H3. The number of rotatable bonds is 3. The van der Waals surface area contributed by atoms with E-state index < -0.39 is 0 Å². The normalized spacial score (nSPS) is 12.8. The lowest BCUT2D eigenvalue weighted by molar-refractivity contribution is 0.265. The first-order chi connectivity index (χ1) is 6.13. The van der Waals surface area contributed by atoms with Crippen molar-refractivity contribution in [1.82, 2.24) is 0 Å². The molecule has 1 aromatic rings. The fourth-order valence-corrected chi connectivity index (χ4v) is 1.15. The third-order valence-corrected chi connectivity index (χ3v) is 2.01. The first-order valence-corrected chi connectivity index (χ1v) is 4.28. The number of nitrogens with two attached hydrogens (primary N) is 1. The molecule has 3 heteroatoms. The summed E-state index contributed by atoms with van der Waals surface area (Å²) in [5, 5.41) is 18.1. The first-order valence-electron chi connectivity index (χ1n) is 4.28. The van der Waals surface area contributed by atoms with Gasteiger partial charge in [0.25, 0.3) is 0 Å². The third-order valence-electron chi connectivity index (χ3n) is 2.01. The van der Waals surface area contributed by atoms with E-state index in [4.69, 9.17) is 10.8 Å². The number of hydrogen-bond acceptors (Lipinski definition) is 3. The number of benzene rings is 1. The van der Waals surface area contributed by atoms with Crippen LogP contribution in [0.3, 0.4) is 0 Å². The molecule has 0 spiro atoms. The van der Waals surface area contributed by atoms with Gasteiger partial charge in [-0.25, -0.2) is 0 Å². The summed E-state index contributed by atoms with van der Waals surface area (Å²) in [4.78, 5) is 0. The average molecular weight is 181 g/mol. The highest BCUT2D eigenvalue weighted by molar-refractivity contribution is 5.35. The van der Waals surface area contributed by atoms with E-state index in [2.05, 4.69) is 0 Å². The van der Waals surface area contributed by atoms with Crippen molar-refractivity contribution in [1.29, 1.82) is 0 Å². The van der Waals surface area contributed by atoms with Crippen molar-refractivity contribution in [2.75, 3.05) is 6.61 Å². The van der Waals surface area contributed by atoms with E-state index in [0.717, 1.165) is 11.1 Å². The Kier molecular flexibility index (Phi) is 3.28. The van der Waals surface area contributed by atoms with Gasteiger partial charge in [-0.05, 0) is 30.5 Å². The topological polar surface area (TPSA) is 66.5 Å². The largest absolute Gasteiger partial charge is 0.508 e. The van der Waals surface area contributed by atoms with E-state index in [9.17, 15) is 5.11 Å². The van der Waals surface area contributed by atoms with Crippen LogP contribution in [0.1, 0.15) is 11.1 Å². The van der Waals surface area contributed by atoms with Crippen molar-refractivity contribution in [2.24, 2.45) is 5.73 Å². The van der Waals surface area contributed by atoms with Crippen LogP contribution in [0.2, 0.25) is 0 Å². The van der Waals surface area contributed by atoms with Crippen LogP contribution in [0.5, 0.6) is 5.75 Å². The van der Waals surface area contributed by atoms with Gasteiger partial charge in [-0.1, -0.05) is 12.1 Å². The van der Waals surface area contributed by atoms with Crippen LogP contribution in [0, 0.1) is 6.92 Å². The van der Waals surface area contributed by atoms with Crippen LogP contribution in [-0.2, 0) is 6.42 Å². The summed E-state index contributed by atoms with van der Waals surface area (Å²) in [7, 11) is 0. The van der Waals surface area contributed by atoms with E-state index in [0.29, 0.717) is 6.42 Å². The van der Waals surface area contributed by atoms with E-state index in [-0.39, 0.29) is 18.4 Å². The summed E-state index contributed by atoms with van der Waals surface area (Å²) in [6, 6.07) is 5.19. The number of hydrogen-bond donors (Lipinski definition) is 3. The molecule has 0 fully saturated rings. The van der Waals surface area contributed by atoms with Crippen molar-refractivity contribution >= 4 is 0 Å². The second kappa shape index (κ2) is 4.25. The quantitative estimate of drug-likeness (QED) is 0.638. The van der Waals surface area contributed by atoms with Crippen LogP contribution in [0.25, 0.3) is 0 Å². The summed E-state index contributed by atoms with van der Waals surface area (Å²) in [6.45, 7) is 1.81. The molecule has 72 valence electrons. The van der Waals surface area contributed by atoms with Crippen LogP contribution < -0.4 is 5.73 Å². The van der Waals surface area contributed by atoms with E-state index in [1.807, 2.05) is 19.1 Å². The van der Waals surface area contributed by atoms with Gasteiger partial charge in [0.05, 0.1) is 6.61 Å². The molecule has 0 aliphatic heterocycles. The van der Waals surface area contributed by atoms with Gasteiger partial charge in [0.1, 0.15) is 5.75 Å². The average Bonchev–Trinajstić information content (AvgIpc) is 2.11. The Labute approximate surface area is 77.8 Å². The second-order valence-electron chi connectivity index (χ2n) is 3.27. The lowest BCUT2D eigenvalue weighted by Crippen LogP contribution is -2.26. The van der Waals surface area contributed by atoms with Gasteiger partial charge >= 0.3 is 0 Å². The number of aryl methyl sites for hydroxylation is 1. The molecule has 0 amide bonds. The lowest BCUT2D eigenvalue weighted by Gasteiger charge is -2.08. The summed E-state index contributed by atoms with van der Waals surface area (Å²) in [5.74, 6) is 0.280. The molecule has 0 aliphatic rings. The van der Waals surface area contributed by atoms with Crippen LogP contribution >= 0.6 is 0 Å². The summed E-state index contributed by atoms with van der Waals surface area (Å²) in [6.07, 6.45) is 0.588. The lowest BCUT2D eigenvalue weighted by atomic mass is 10.0. The Balaban J connectivity index is 2.73. The summed E-state index contributed by atoms with van der Waals surface area (Å²) < 4.78 is 0. The molecule has 0 bridgehead atoms. The highest BCUT2D eigenvalue weighted by Crippen LogP contribution is 2.17. The van der Waals surface area contributed by atoms with Crippen molar-refractivity contribution < 1.29 is 10.2 Å². The minimum atomic E-state index is -0.248. The molecule has 1 atom stereocenters. The fraction of sp³-hybridized carbons (Fsp3) is 0.400. The molecule has 13 heavy (non-hydrogen) atoms. The second-order valence-corrected chi connectivity index (χ2v) is 3.27. The van der Waals surface area contributed by atoms with Gasteiger partial charge in [0.2, 0.25) is 0 Å². The zero-order valence-electron chi connectivity index (χ0n) is 7.70. The van der Waals surface area contributed by atoms with Gasteiger partial charge in [0, 0.05) is 6.04 Å². The monoisotopic (exact) mass is 181 g/mol. The number of phenols is 1. The Morgan fingerprint density at radius 3 is 2.69 bits per heavy atom. The summed E-state index contributed by atoms with van der Waals surface area (Å²) >= 11 is 0. The maximum absolute atomic E-state index is 9.38. The molecule has 1 rings (SSSR count). The zero-order chi connectivity index (χ0) is 9.84. The van der Waals surface area contributed by atoms with Crippen molar-refractivity contribution in [3.8, 4) is 5.75 Å². The number of aliphatic hydroxyl groups excluding tert-OH is 1. The molecule has 3 nitrogen and oxygen atoms in total. The predicted octanol–water partition coefficient (Wildman–Crippen LogP) is 0.563. The smallest absolute Gasteiger partial charge is 0.118 e. The number of phenolic OH excluding ortho intramolecular Hbond substituents is 1. The van der Waals surface area contributed by atoms with Gasteiger partial charge in [-0.15, -0.1) is 0 Å². The minimum Gasteiger partial charge on any atom is -0.508 e. The number of aromatic hydroxyl groups is 1. The number of aliphatic hydroxyl groups is 1. The Hall–Kier alpha value is -1.06. The SMILES string of the molecule is Cc1ccc(CC(N)CO)cc1O. The molecule has 0 saturated heterocycles. The van der Waals surface area contributed by atoms with E-state index in [1.165, 1.54) is 0 Å². The molecular formula is C10H15NO2. The molecular weight excluding hydrogens is 166 g/mol. The highest BCUT2D eigenvalue weighted by atomic mass is 16.3. The maximum Gasteiger partial charge on any atom is 0.118 e. The highest BCUT2D eigenvalue weighted by Gasteiger charge is 2.03. The molecule has 0 radical (unpaired) electrons. The van der Waals surface area contributed by atoms with Gasteiger partial charge in [-0.3, -0.25) is 0 Å². The predicted molar refractivity (Wildman–Crippen MR) is 51.6 cm³/mol. The molecule has 0 heterocycles. The third kappa shape index (κ3) is 2.72. The van der Waals surface area contributed by atoms with Crippen LogP contribution in [-0.4, -0.2) is 22.9 Å². The molecule has 0 aliphatic carbocycles. The zero-order valence-corrected chi connectivity index (χ0v) is 7.70. The van der Waals surface area contributed by atoms with E-state index >= 15 is 0 Å². The van der Waals surface area contributed by atoms with Crippen LogP contribution in [0.4, 0.5) is 0 Å². The fourth-order valence-electron chi connectivity index (χ4n) is 1.15.